The SMILES string of the molecule is C=CCN(Cc1ccccc1)C(=O)[C@H]1[C@H]2C(=O)N(CCO)C(C(=O)N(CC=C)c3ccc(Cl)cc3)C23CC[C@]1(CC)O3. The molecule has 0 aromatic heterocycles. The van der Waals surface area contributed by atoms with Gasteiger partial charge in [-0.2, -0.15) is 0 Å². The average molecular weight is 592 g/mol. The van der Waals surface area contributed by atoms with Gasteiger partial charge in [0.2, 0.25) is 11.8 Å². The first-order chi connectivity index (χ1) is 20.3. The Kier molecular flexibility index (Phi) is 8.60. The third-order valence-corrected chi connectivity index (χ3v) is 9.37. The van der Waals surface area contributed by atoms with Crippen molar-refractivity contribution in [1.82, 2.24) is 9.80 Å². The zero-order valence-corrected chi connectivity index (χ0v) is 24.7. The Morgan fingerprint density at radius 2 is 1.76 bits per heavy atom. The lowest BCUT2D eigenvalue weighted by atomic mass is 9.64. The second-order valence-electron chi connectivity index (χ2n) is 11.3. The van der Waals surface area contributed by atoms with E-state index in [1.165, 1.54) is 4.90 Å². The predicted molar refractivity (Wildman–Crippen MR) is 162 cm³/mol. The molecule has 8 nitrogen and oxygen atoms in total. The molecule has 0 saturated carbocycles. The van der Waals surface area contributed by atoms with Crippen LogP contribution in [0.3, 0.4) is 0 Å². The summed E-state index contributed by atoms with van der Waals surface area (Å²) in [5, 5.41) is 10.5. The van der Waals surface area contributed by atoms with Crippen molar-refractivity contribution in [1.29, 1.82) is 0 Å². The summed E-state index contributed by atoms with van der Waals surface area (Å²) < 4.78 is 6.89. The number of hydrogen-bond donors (Lipinski definition) is 1. The Labute approximate surface area is 252 Å². The molecule has 2 bridgehead atoms. The number of rotatable bonds is 12. The van der Waals surface area contributed by atoms with Gasteiger partial charge < -0.3 is 24.5 Å². The molecule has 3 heterocycles. The van der Waals surface area contributed by atoms with E-state index < -0.39 is 29.1 Å². The summed E-state index contributed by atoms with van der Waals surface area (Å²) in [5.41, 5.74) is -0.502. The second kappa shape index (κ2) is 12.0. The van der Waals surface area contributed by atoms with Crippen LogP contribution in [0.1, 0.15) is 31.7 Å². The molecule has 9 heteroatoms. The molecule has 2 aromatic carbocycles. The maximum absolute atomic E-state index is 14.5. The average Bonchev–Trinajstić information content (AvgIpc) is 3.60. The first-order valence-electron chi connectivity index (χ1n) is 14.5. The predicted octanol–water partition coefficient (Wildman–Crippen LogP) is 4.22. The van der Waals surface area contributed by atoms with Crippen LogP contribution < -0.4 is 4.90 Å². The highest BCUT2D eigenvalue weighted by Crippen LogP contribution is 2.64. The van der Waals surface area contributed by atoms with Crippen molar-refractivity contribution in [2.45, 2.75) is 50.0 Å². The van der Waals surface area contributed by atoms with Crippen LogP contribution in [0.4, 0.5) is 5.69 Å². The van der Waals surface area contributed by atoms with E-state index in [0.29, 0.717) is 43.1 Å². The fraction of sp³-hybridized carbons (Fsp3) is 0.424. The fourth-order valence-electron chi connectivity index (χ4n) is 7.33. The molecular formula is C33H38ClN3O5. The summed E-state index contributed by atoms with van der Waals surface area (Å²) in [6.45, 7) is 10.2. The normalized spacial score (nSPS) is 27.5. The summed E-state index contributed by atoms with van der Waals surface area (Å²) in [6, 6.07) is 15.6. The topological polar surface area (TPSA) is 90.4 Å². The maximum atomic E-state index is 14.5. The zero-order chi connectivity index (χ0) is 30.1. The highest BCUT2D eigenvalue weighted by atomic mass is 35.5. The lowest BCUT2D eigenvalue weighted by Crippen LogP contribution is -2.57. The van der Waals surface area contributed by atoms with E-state index in [-0.39, 0.29) is 37.4 Å². The van der Waals surface area contributed by atoms with Crippen molar-refractivity contribution in [2.75, 3.05) is 31.1 Å². The largest absolute Gasteiger partial charge is 0.395 e. The van der Waals surface area contributed by atoms with E-state index in [0.717, 1.165) is 5.56 Å². The molecule has 3 amide bonds. The van der Waals surface area contributed by atoms with Crippen molar-refractivity contribution >= 4 is 35.0 Å². The van der Waals surface area contributed by atoms with Crippen molar-refractivity contribution in [3.8, 4) is 0 Å². The van der Waals surface area contributed by atoms with Crippen LogP contribution in [0, 0.1) is 11.8 Å². The molecule has 3 fully saturated rings. The third-order valence-electron chi connectivity index (χ3n) is 9.12. The standard InChI is InChI=1S/C33H38ClN3O5/c1-4-18-35(22-23-10-8-7-9-11-23)29(39)26-27-30(40)37(20-21-38)28(33(27)17-16-32(26,6-3)42-33)31(41)36(19-5-2)25-14-12-24(34)13-15-25/h4-5,7-15,26-28,38H,1-2,6,16-22H2,3H3/t26-,27+,28?,32+,33?/m1/s1. The lowest BCUT2D eigenvalue weighted by molar-refractivity contribution is -0.151. The first kappa shape index (κ1) is 30.0. The van der Waals surface area contributed by atoms with Crippen molar-refractivity contribution in [3.63, 3.8) is 0 Å². The molecule has 3 aliphatic heterocycles. The molecule has 3 aliphatic rings. The quantitative estimate of drug-likeness (QED) is 0.373. The first-order valence-corrected chi connectivity index (χ1v) is 14.9. The highest BCUT2D eigenvalue weighted by Gasteiger charge is 2.79. The number of amides is 3. The van der Waals surface area contributed by atoms with Crippen molar-refractivity contribution < 1.29 is 24.2 Å². The summed E-state index contributed by atoms with van der Waals surface area (Å²) in [4.78, 5) is 48.0. The minimum atomic E-state index is -1.20. The molecule has 2 aromatic rings. The number of aliphatic hydroxyl groups excluding tert-OH is 1. The summed E-state index contributed by atoms with van der Waals surface area (Å²) in [7, 11) is 0. The molecule has 1 spiro atoms. The van der Waals surface area contributed by atoms with Crippen LogP contribution in [-0.2, 0) is 25.7 Å². The second-order valence-corrected chi connectivity index (χ2v) is 11.7. The van der Waals surface area contributed by atoms with E-state index in [1.807, 2.05) is 37.3 Å². The van der Waals surface area contributed by atoms with Crippen LogP contribution in [0.25, 0.3) is 0 Å². The number of ether oxygens (including phenoxy) is 1. The van der Waals surface area contributed by atoms with Crippen molar-refractivity contribution in [2.24, 2.45) is 11.8 Å². The summed E-state index contributed by atoms with van der Waals surface area (Å²) >= 11 is 6.12. The molecule has 222 valence electrons. The molecule has 0 radical (unpaired) electrons. The number of β-amino-alcohol motifs (C(OH)–C–C–N with tert-alkyl or cyclic N) is 1. The van der Waals surface area contributed by atoms with Gasteiger partial charge in [0.1, 0.15) is 11.6 Å². The molecule has 3 saturated heterocycles. The van der Waals surface area contributed by atoms with Crippen LogP contribution in [-0.4, -0.2) is 76.1 Å². The maximum Gasteiger partial charge on any atom is 0.253 e. The number of carbonyl (C=O) groups excluding carboxylic acids is 3. The van der Waals surface area contributed by atoms with E-state index in [2.05, 4.69) is 13.2 Å². The number of carbonyl (C=O) groups is 3. The molecule has 5 atom stereocenters. The van der Waals surface area contributed by atoms with Gasteiger partial charge in [-0.05, 0) is 49.1 Å². The van der Waals surface area contributed by atoms with Crippen LogP contribution in [0.2, 0.25) is 5.02 Å². The van der Waals surface area contributed by atoms with E-state index in [1.54, 1.807) is 46.2 Å². The Morgan fingerprint density at radius 3 is 2.38 bits per heavy atom. The minimum Gasteiger partial charge on any atom is -0.395 e. The van der Waals surface area contributed by atoms with E-state index >= 15 is 0 Å². The molecule has 2 unspecified atom stereocenters. The number of anilines is 1. The van der Waals surface area contributed by atoms with Gasteiger partial charge in [-0.25, -0.2) is 0 Å². The Hall–Kier alpha value is -3.46. The lowest BCUT2D eigenvalue weighted by Gasteiger charge is -2.37. The van der Waals surface area contributed by atoms with Crippen LogP contribution >= 0.6 is 11.6 Å². The minimum absolute atomic E-state index is 0.0418. The summed E-state index contributed by atoms with van der Waals surface area (Å²) in [6.07, 6.45) is 4.84. The zero-order valence-electron chi connectivity index (χ0n) is 24.0. The number of nitrogens with zero attached hydrogens (tertiary/aromatic N) is 3. The van der Waals surface area contributed by atoms with Crippen molar-refractivity contribution in [3.05, 3.63) is 90.5 Å². The Morgan fingerprint density at radius 1 is 1.07 bits per heavy atom. The number of aliphatic hydroxyl groups is 1. The number of benzene rings is 2. The van der Waals surface area contributed by atoms with Gasteiger partial charge >= 0.3 is 0 Å². The molecule has 5 rings (SSSR count). The van der Waals surface area contributed by atoms with Gasteiger partial charge in [0, 0.05) is 36.9 Å². The van der Waals surface area contributed by atoms with Gasteiger partial charge in [0.05, 0.1) is 24.0 Å². The van der Waals surface area contributed by atoms with Gasteiger partial charge in [-0.1, -0.05) is 61.0 Å². The van der Waals surface area contributed by atoms with Gasteiger partial charge in [-0.15, -0.1) is 13.2 Å². The van der Waals surface area contributed by atoms with E-state index in [4.69, 9.17) is 16.3 Å². The molecule has 42 heavy (non-hydrogen) atoms. The summed E-state index contributed by atoms with van der Waals surface area (Å²) in [5.74, 6) is -2.47. The number of hydrogen-bond acceptors (Lipinski definition) is 5. The van der Waals surface area contributed by atoms with Gasteiger partial charge in [-0.3, -0.25) is 14.4 Å². The number of halogens is 1. The van der Waals surface area contributed by atoms with Gasteiger partial charge in [0.25, 0.3) is 5.91 Å². The van der Waals surface area contributed by atoms with Crippen LogP contribution in [0.15, 0.2) is 79.9 Å². The van der Waals surface area contributed by atoms with E-state index in [9.17, 15) is 19.5 Å². The smallest absolute Gasteiger partial charge is 0.253 e. The highest BCUT2D eigenvalue weighted by molar-refractivity contribution is 6.30. The monoisotopic (exact) mass is 591 g/mol. The third kappa shape index (κ3) is 4.85. The molecular weight excluding hydrogens is 554 g/mol. The van der Waals surface area contributed by atoms with Gasteiger partial charge in [0.15, 0.2) is 0 Å². The van der Waals surface area contributed by atoms with Crippen LogP contribution in [0.5, 0.6) is 0 Å². The fourth-order valence-corrected chi connectivity index (χ4v) is 7.46. The number of likely N-dealkylation sites (tertiary alicyclic amines) is 1. The number of fused-ring (bicyclic) bond motifs is 1. The Balaban J connectivity index is 1.56. The molecule has 0 aliphatic carbocycles. The molecule has 1 N–H and O–H groups in total. The Bertz CT molecular complexity index is 1350.